The number of halogens is 3. The van der Waals surface area contributed by atoms with E-state index in [1.165, 1.54) is 35.8 Å². The number of anilines is 1. The van der Waals surface area contributed by atoms with Gasteiger partial charge in [-0.05, 0) is 57.4 Å². The van der Waals surface area contributed by atoms with E-state index in [9.17, 15) is 32.3 Å². The molecule has 1 saturated carbocycles. The summed E-state index contributed by atoms with van der Waals surface area (Å²) in [6.07, 6.45) is 0.686. The highest BCUT2D eigenvalue weighted by atomic mass is 19.4. The third kappa shape index (κ3) is 7.27. The molecule has 0 unspecified atom stereocenters. The predicted molar refractivity (Wildman–Crippen MR) is 187 cm³/mol. The van der Waals surface area contributed by atoms with Crippen LogP contribution in [0.5, 0.6) is 0 Å². The number of fused-ring (bicyclic) bond motifs is 2. The number of hydrogen-bond donors (Lipinski definition) is 2. The number of ether oxygens (including phenoxy) is 1. The van der Waals surface area contributed by atoms with Crippen molar-refractivity contribution in [3.8, 4) is 11.1 Å². The first-order valence-corrected chi connectivity index (χ1v) is 16.9. The number of piperidine rings is 1. The van der Waals surface area contributed by atoms with Gasteiger partial charge in [-0.3, -0.25) is 23.9 Å². The summed E-state index contributed by atoms with van der Waals surface area (Å²) < 4.78 is 47.4. The van der Waals surface area contributed by atoms with Gasteiger partial charge in [0.1, 0.15) is 35.6 Å². The van der Waals surface area contributed by atoms with E-state index < -0.39 is 46.6 Å². The minimum Gasteiger partial charge on any atom is -0.380 e. The van der Waals surface area contributed by atoms with E-state index in [1.54, 1.807) is 51.4 Å². The molecule has 2 fully saturated rings. The molecule has 1 aromatic carbocycles. The van der Waals surface area contributed by atoms with Gasteiger partial charge in [0.15, 0.2) is 5.78 Å². The molecule has 1 saturated heterocycles. The van der Waals surface area contributed by atoms with Crippen molar-refractivity contribution in [1.29, 1.82) is 0 Å². The number of nitrogens with one attached hydrogen (secondary N) is 2. The average molecular weight is 733 g/mol. The topological polar surface area (TPSA) is 161 Å². The number of alkyl halides is 3. The van der Waals surface area contributed by atoms with Crippen LogP contribution in [0.25, 0.3) is 22.0 Å². The number of Topliss-reactive ketones (excluding diaryl/α,β-unsaturated/α-hetero) is 1. The molecule has 6 rings (SSSR count). The SMILES string of the molecule is C=CC(C)(C)C(=O)NC[C@@]12C[C@@H](C(=O)Nc3nc(C(F)(F)F)ccc3COC)N(C(=O)Cn3nc(C(C)=O)c4cc(-c5cnc(C)nc5)ccc43)[C@@H]1C2. The lowest BCUT2D eigenvalue weighted by Gasteiger charge is -2.27. The number of likely N-dealkylation sites (tertiary alicyclic amines) is 1. The van der Waals surface area contributed by atoms with Gasteiger partial charge >= 0.3 is 6.18 Å². The van der Waals surface area contributed by atoms with Crippen LogP contribution in [0.2, 0.25) is 0 Å². The Bertz CT molecular complexity index is 2130. The number of ketones is 1. The van der Waals surface area contributed by atoms with E-state index >= 15 is 0 Å². The number of methoxy groups -OCH3 is 1. The van der Waals surface area contributed by atoms with Gasteiger partial charge in [0.25, 0.3) is 0 Å². The largest absolute Gasteiger partial charge is 0.433 e. The maximum absolute atomic E-state index is 14.3. The number of hydrogen-bond acceptors (Lipinski definition) is 9. The van der Waals surface area contributed by atoms with Gasteiger partial charge < -0.3 is 20.3 Å². The third-order valence-electron chi connectivity index (χ3n) is 10.00. The number of aryl methyl sites for hydroxylation is 1. The summed E-state index contributed by atoms with van der Waals surface area (Å²) >= 11 is 0. The Morgan fingerprint density at radius 1 is 1.08 bits per heavy atom. The second-order valence-electron chi connectivity index (χ2n) is 14.1. The van der Waals surface area contributed by atoms with Crippen LogP contribution >= 0.6 is 0 Å². The first-order valence-electron chi connectivity index (χ1n) is 16.9. The van der Waals surface area contributed by atoms with Crippen molar-refractivity contribution in [2.24, 2.45) is 10.8 Å². The minimum atomic E-state index is -4.77. The van der Waals surface area contributed by atoms with Crippen molar-refractivity contribution in [2.75, 3.05) is 19.0 Å². The molecule has 3 aromatic heterocycles. The normalized spacial score (nSPS) is 19.5. The molecule has 1 aliphatic heterocycles. The number of carbonyl (C=O) groups is 4. The molecule has 3 amide bonds. The first-order chi connectivity index (χ1) is 25.0. The van der Waals surface area contributed by atoms with Gasteiger partial charge in [-0.25, -0.2) is 15.0 Å². The Kier molecular flexibility index (Phi) is 9.70. The lowest BCUT2D eigenvalue weighted by atomic mass is 9.92. The highest BCUT2D eigenvalue weighted by molar-refractivity contribution is 6.06. The van der Waals surface area contributed by atoms with E-state index in [-0.39, 0.29) is 54.9 Å². The minimum absolute atomic E-state index is 0.128. The molecule has 278 valence electrons. The van der Waals surface area contributed by atoms with Crippen molar-refractivity contribution in [3.05, 3.63) is 78.2 Å². The third-order valence-corrected chi connectivity index (χ3v) is 10.00. The molecule has 2 N–H and O–H groups in total. The van der Waals surface area contributed by atoms with Crippen molar-refractivity contribution in [2.45, 2.75) is 71.9 Å². The van der Waals surface area contributed by atoms with Crippen molar-refractivity contribution < 1.29 is 37.1 Å². The van der Waals surface area contributed by atoms with Crippen LogP contribution < -0.4 is 10.6 Å². The van der Waals surface area contributed by atoms with Crippen LogP contribution in [0.4, 0.5) is 19.0 Å². The number of nitrogens with zero attached hydrogens (tertiary/aromatic N) is 6. The monoisotopic (exact) mass is 732 g/mol. The van der Waals surface area contributed by atoms with Crippen LogP contribution in [-0.4, -0.2) is 78.9 Å². The van der Waals surface area contributed by atoms with Gasteiger partial charge in [0.05, 0.1) is 17.5 Å². The lowest BCUT2D eigenvalue weighted by Crippen LogP contribution is -2.47. The molecule has 1 aliphatic carbocycles. The van der Waals surface area contributed by atoms with Crippen LogP contribution in [-0.2, 0) is 38.4 Å². The van der Waals surface area contributed by atoms with Gasteiger partial charge in [-0.1, -0.05) is 18.2 Å². The highest BCUT2D eigenvalue weighted by Crippen LogP contribution is 2.59. The number of carbonyl (C=O) groups excluding carboxylic acids is 4. The Morgan fingerprint density at radius 2 is 1.79 bits per heavy atom. The van der Waals surface area contributed by atoms with Crippen LogP contribution in [0, 0.1) is 17.8 Å². The molecule has 0 radical (unpaired) electrons. The zero-order valence-corrected chi connectivity index (χ0v) is 29.9. The number of aromatic nitrogens is 5. The summed E-state index contributed by atoms with van der Waals surface area (Å²) in [7, 11) is 1.36. The molecule has 16 heteroatoms. The standard InChI is InChI=1S/C37H39F3N8O5/c1-7-35(4,5)34(52)43-19-36-13-27(33(51)45-32-23(18-53-6)9-11-28(44-32)37(38,39)40)48(29(36)14-36)30(50)17-47-26-10-8-22(24-15-41-21(3)42-16-24)12-25(26)31(46-47)20(2)49/h7-12,15-16,27,29H,1,13-14,17-19H2,2-6H3,(H,43,52)(H,44,45,51)/t27-,29+,36-/m0/s1. The van der Waals surface area contributed by atoms with Gasteiger partial charge in [-0.15, -0.1) is 6.58 Å². The molecule has 53 heavy (non-hydrogen) atoms. The van der Waals surface area contributed by atoms with Crippen LogP contribution in [0.3, 0.4) is 0 Å². The van der Waals surface area contributed by atoms with Crippen molar-refractivity contribution in [1.82, 2.24) is 34.9 Å². The van der Waals surface area contributed by atoms with E-state index in [4.69, 9.17) is 4.74 Å². The summed E-state index contributed by atoms with van der Waals surface area (Å²) in [4.78, 5) is 67.6. The second kappa shape index (κ2) is 13.8. The molecule has 2 aliphatic rings. The molecule has 13 nitrogen and oxygen atoms in total. The zero-order chi connectivity index (χ0) is 38.5. The van der Waals surface area contributed by atoms with Crippen LogP contribution in [0.15, 0.2) is 55.4 Å². The Labute approximate surface area is 303 Å². The van der Waals surface area contributed by atoms with E-state index in [0.29, 0.717) is 23.1 Å². The molecule has 0 spiro atoms. The quantitative estimate of drug-likeness (QED) is 0.153. The predicted octanol–water partition coefficient (Wildman–Crippen LogP) is 4.89. The summed E-state index contributed by atoms with van der Waals surface area (Å²) in [5.41, 5.74) is -0.429. The van der Waals surface area contributed by atoms with Gasteiger partial charge in [0.2, 0.25) is 17.7 Å². The van der Waals surface area contributed by atoms with E-state index in [1.807, 2.05) is 0 Å². The molecule has 4 aromatic rings. The molecule has 0 bridgehead atoms. The maximum Gasteiger partial charge on any atom is 0.433 e. The zero-order valence-electron chi connectivity index (χ0n) is 29.9. The molecule has 3 atom stereocenters. The number of benzene rings is 1. The molecule has 4 heterocycles. The van der Waals surface area contributed by atoms with E-state index in [2.05, 4.69) is 37.3 Å². The Morgan fingerprint density at radius 3 is 2.43 bits per heavy atom. The fourth-order valence-corrected chi connectivity index (χ4v) is 6.76. The fraction of sp³-hybridized carbons (Fsp3) is 0.405. The smallest absolute Gasteiger partial charge is 0.380 e. The Balaban J connectivity index is 1.32. The highest BCUT2D eigenvalue weighted by Gasteiger charge is 2.67. The lowest BCUT2D eigenvalue weighted by molar-refractivity contribution is -0.141. The number of amides is 3. The molecular weight excluding hydrogens is 693 g/mol. The summed E-state index contributed by atoms with van der Waals surface area (Å²) in [6, 6.07) is 5.70. The van der Waals surface area contributed by atoms with Gasteiger partial charge in [0, 0.05) is 60.9 Å². The van der Waals surface area contributed by atoms with Crippen molar-refractivity contribution >= 4 is 40.2 Å². The summed E-state index contributed by atoms with van der Waals surface area (Å²) in [5.74, 6) is -1.59. The second-order valence-corrected chi connectivity index (χ2v) is 14.1. The summed E-state index contributed by atoms with van der Waals surface area (Å²) in [6.45, 7) is 9.95. The van der Waals surface area contributed by atoms with Gasteiger partial charge in [-0.2, -0.15) is 18.3 Å². The first kappa shape index (κ1) is 37.3. The summed E-state index contributed by atoms with van der Waals surface area (Å²) in [5, 5.41) is 10.5. The fourth-order valence-electron chi connectivity index (χ4n) is 6.76. The van der Waals surface area contributed by atoms with Crippen LogP contribution in [0.1, 0.15) is 61.2 Å². The maximum atomic E-state index is 14.3. The Hall–Kier alpha value is -5.51. The van der Waals surface area contributed by atoms with Crippen molar-refractivity contribution in [3.63, 3.8) is 0 Å². The number of pyridine rings is 1. The van der Waals surface area contributed by atoms with E-state index in [0.717, 1.165) is 17.2 Å². The number of rotatable bonds is 12. The molecular formula is C37H39F3N8O5. The average Bonchev–Trinajstić information content (AvgIpc) is 3.53.